The predicted octanol–water partition coefficient (Wildman–Crippen LogP) is 2.57. The minimum absolute atomic E-state index is 0.245. The Morgan fingerprint density at radius 2 is 2.20 bits per heavy atom. The molecule has 0 aromatic heterocycles. The summed E-state index contributed by atoms with van der Waals surface area (Å²) in [5.74, 6) is 0.321. The van der Waals surface area contributed by atoms with Crippen molar-refractivity contribution in [3.63, 3.8) is 0 Å². The maximum absolute atomic E-state index is 10.7. The van der Waals surface area contributed by atoms with Crippen LogP contribution in [-0.2, 0) is 4.79 Å². The maximum Gasteiger partial charge on any atom is 0.162 e. The number of hydrogen-bond donors (Lipinski definition) is 0. The second kappa shape index (κ2) is 4.33. The molecule has 4 heteroatoms. The third kappa shape index (κ3) is 2.71. The Morgan fingerprint density at radius 1 is 1.53 bits per heavy atom. The summed E-state index contributed by atoms with van der Waals surface area (Å²) in [6.45, 7) is 3.23. The number of ether oxygens (including phenoxy) is 1. The van der Waals surface area contributed by atoms with Crippen LogP contribution in [0.25, 0.3) is 0 Å². The number of rotatable bonds is 3. The summed E-state index contributed by atoms with van der Waals surface area (Å²) in [6.07, 6.45) is 0.676. The van der Waals surface area contributed by atoms with E-state index in [0.29, 0.717) is 17.1 Å². The maximum atomic E-state index is 10.7. The average Bonchev–Trinajstić information content (AvgIpc) is 2.18. The monoisotopic (exact) mass is 223 g/mol. The number of halogens is 1. The van der Waals surface area contributed by atoms with E-state index in [-0.39, 0.29) is 5.56 Å². The molecule has 0 atom stereocenters. The zero-order valence-electron chi connectivity index (χ0n) is 8.45. The van der Waals surface area contributed by atoms with Crippen molar-refractivity contribution < 1.29 is 9.53 Å². The molecule has 0 heterocycles. The van der Waals surface area contributed by atoms with Crippen molar-refractivity contribution in [3.05, 3.63) is 28.8 Å². The quantitative estimate of drug-likeness (QED) is 0.740. The fourth-order valence-electron chi connectivity index (χ4n) is 1.01. The molecule has 15 heavy (non-hydrogen) atoms. The summed E-state index contributed by atoms with van der Waals surface area (Å²) >= 11 is 5.81. The van der Waals surface area contributed by atoms with Gasteiger partial charge in [0.15, 0.2) is 11.9 Å². The predicted molar refractivity (Wildman–Crippen MR) is 56.9 cm³/mol. The van der Waals surface area contributed by atoms with E-state index in [2.05, 4.69) is 0 Å². The van der Waals surface area contributed by atoms with Crippen LogP contribution in [0.15, 0.2) is 18.2 Å². The van der Waals surface area contributed by atoms with Gasteiger partial charge in [-0.15, -0.1) is 0 Å². The lowest BCUT2D eigenvalue weighted by Crippen LogP contribution is -2.30. The Labute approximate surface area is 93.2 Å². The molecule has 1 aromatic rings. The summed E-state index contributed by atoms with van der Waals surface area (Å²) in [5.41, 5.74) is -0.717. The normalized spacial score (nSPS) is 10.5. The van der Waals surface area contributed by atoms with Gasteiger partial charge in [-0.2, -0.15) is 5.26 Å². The molecule has 0 radical (unpaired) electrons. The molecule has 0 saturated heterocycles. The largest absolute Gasteiger partial charge is 0.479 e. The fourth-order valence-corrected chi connectivity index (χ4v) is 1.21. The van der Waals surface area contributed by atoms with Crippen LogP contribution in [0.4, 0.5) is 0 Å². The minimum atomic E-state index is -0.962. The summed E-state index contributed by atoms with van der Waals surface area (Å²) in [7, 11) is 0. The summed E-state index contributed by atoms with van der Waals surface area (Å²) in [6, 6.07) is 6.81. The van der Waals surface area contributed by atoms with Crippen molar-refractivity contribution in [2.24, 2.45) is 0 Å². The molecular weight excluding hydrogens is 214 g/mol. The highest BCUT2D eigenvalue weighted by Crippen LogP contribution is 2.27. The summed E-state index contributed by atoms with van der Waals surface area (Å²) < 4.78 is 5.38. The molecule has 0 amide bonds. The topological polar surface area (TPSA) is 50.1 Å². The lowest BCUT2D eigenvalue weighted by atomic mass is 10.1. The van der Waals surface area contributed by atoms with Gasteiger partial charge in [-0.05, 0) is 26.0 Å². The zero-order chi connectivity index (χ0) is 11.5. The molecule has 0 fully saturated rings. The van der Waals surface area contributed by atoms with E-state index in [9.17, 15) is 4.79 Å². The van der Waals surface area contributed by atoms with Crippen LogP contribution in [0.1, 0.15) is 19.4 Å². The van der Waals surface area contributed by atoms with Gasteiger partial charge in [0.05, 0.1) is 5.02 Å². The highest BCUT2D eigenvalue weighted by Gasteiger charge is 2.20. The van der Waals surface area contributed by atoms with Crippen molar-refractivity contribution in [2.45, 2.75) is 19.4 Å². The third-order valence-corrected chi connectivity index (χ3v) is 2.06. The van der Waals surface area contributed by atoms with Crippen molar-refractivity contribution in [1.29, 1.82) is 5.26 Å². The Kier molecular flexibility index (Phi) is 3.33. The first-order chi connectivity index (χ1) is 7.00. The highest BCUT2D eigenvalue weighted by atomic mass is 35.5. The minimum Gasteiger partial charge on any atom is -0.479 e. The molecule has 0 aliphatic rings. The first-order valence-corrected chi connectivity index (χ1v) is 4.72. The molecule has 1 aromatic carbocycles. The van der Waals surface area contributed by atoms with Gasteiger partial charge in [0, 0.05) is 0 Å². The van der Waals surface area contributed by atoms with Gasteiger partial charge in [-0.25, -0.2) is 0 Å². The Hall–Kier alpha value is -1.53. The van der Waals surface area contributed by atoms with Gasteiger partial charge in [0.2, 0.25) is 0 Å². The molecule has 0 N–H and O–H groups in total. The van der Waals surface area contributed by atoms with E-state index in [1.165, 1.54) is 0 Å². The van der Waals surface area contributed by atoms with Crippen LogP contribution in [0.2, 0.25) is 5.02 Å². The molecule has 0 saturated carbocycles. The number of carbonyl (C=O) groups is 1. The number of benzene rings is 1. The second-order valence-electron chi connectivity index (χ2n) is 3.55. The lowest BCUT2D eigenvalue weighted by Gasteiger charge is -2.20. The number of nitriles is 1. The Bertz CT molecular complexity index is 421. The second-order valence-corrected chi connectivity index (χ2v) is 3.96. The van der Waals surface area contributed by atoms with Crippen LogP contribution in [-0.4, -0.2) is 11.9 Å². The van der Waals surface area contributed by atoms with Crippen LogP contribution < -0.4 is 4.74 Å². The number of carbonyl (C=O) groups excluding carboxylic acids is 1. The number of nitrogens with zero attached hydrogens (tertiary/aromatic N) is 1. The molecule has 3 nitrogen and oxygen atoms in total. The smallest absolute Gasteiger partial charge is 0.162 e. The number of aldehydes is 1. The molecule has 0 aliphatic heterocycles. The van der Waals surface area contributed by atoms with E-state index in [0.717, 1.165) is 0 Å². The fraction of sp³-hybridized carbons (Fsp3) is 0.273. The van der Waals surface area contributed by atoms with Gasteiger partial charge in [0.25, 0.3) is 0 Å². The van der Waals surface area contributed by atoms with Crippen molar-refractivity contribution in [2.75, 3.05) is 0 Å². The first kappa shape index (κ1) is 11.5. The molecule has 0 aliphatic carbocycles. The van der Waals surface area contributed by atoms with Gasteiger partial charge in [0.1, 0.15) is 17.4 Å². The standard InChI is InChI=1S/C11H10ClNO2/c1-11(2,7-14)15-10-5-3-4-9(12)8(10)6-13/h3-5,7H,1-2H3. The zero-order valence-corrected chi connectivity index (χ0v) is 9.21. The van der Waals surface area contributed by atoms with E-state index in [1.807, 2.05) is 6.07 Å². The molecular formula is C11H10ClNO2. The van der Waals surface area contributed by atoms with E-state index in [1.54, 1.807) is 32.0 Å². The first-order valence-electron chi connectivity index (χ1n) is 4.34. The van der Waals surface area contributed by atoms with Gasteiger partial charge in [-0.3, -0.25) is 4.79 Å². The summed E-state index contributed by atoms with van der Waals surface area (Å²) in [4.78, 5) is 10.7. The van der Waals surface area contributed by atoms with Crippen molar-refractivity contribution in [1.82, 2.24) is 0 Å². The van der Waals surface area contributed by atoms with Crippen LogP contribution in [0.3, 0.4) is 0 Å². The highest BCUT2D eigenvalue weighted by molar-refractivity contribution is 6.31. The third-order valence-electron chi connectivity index (χ3n) is 1.74. The molecule has 1 rings (SSSR count). The van der Waals surface area contributed by atoms with Gasteiger partial charge >= 0.3 is 0 Å². The van der Waals surface area contributed by atoms with Crippen LogP contribution in [0.5, 0.6) is 5.75 Å². The Balaban J connectivity index is 3.11. The SMILES string of the molecule is CC(C)(C=O)Oc1cccc(Cl)c1C#N. The number of hydrogen-bond acceptors (Lipinski definition) is 3. The van der Waals surface area contributed by atoms with Crippen molar-refractivity contribution >= 4 is 17.9 Å². The van der Waals surface area contributed by atoms with Gasteiger partial charge < -0.3 is 4.74 Å². The summed E-state index contributed by atoms with van der Waals surface area (Å²) in [5, 5.41) is 9.18. The average molecular weight is 224 g/mol. The Morgan fingerprint density at radius 3 is 2.73 bits per heavy atom. The molecule has 0 bridgehead atoms. The van der Waals surface area contributed by atoms with E-state index in [4.69, 9.17) is 21.6 Å². The van der Waals surface area contributed by atoms with E-state index >= 15 is 0 Å². The van der Waals surface area contributed by atoms with Gasteiger partial charge in [-0.1, -0.05) is 17.7 Å². The molecule has 0 spiro atoms. The van der Waals surface area contributed by atoms with E-state index < -0.39 is 5.60 Å². The molecule has 0 unspecified atom stereocenters. The van der Waals surface area contributed by atoms with Crippen molar-refractivity contribution in [3.8, 4) is 11.8 Å². The van der Waals surface area contributed by atoms with Crippen LogP contribution in [0, 0.1) is 11.3 Å². The van der Waals surface area contributed by atoms with Crippen LogP contribution >= 0.6 is 11.6 Å². The molecule has 78 valence electrons. The lowest BCUT2D eigenvalue weighted by molar-refractivity contribution is -0.119.